The van der Waals surface area contributed by atoms with Gasteiger partial charge >= 0.3 is 5.97 Å². The molecule has 0 bridgehead atoms. The van der Waals surface area contributed by atoms with Gasteiger partial charge in [-0.15, -0.1) is 23.1 Å². The zero-order valence-corrected chi connectivity index (χ0v) is 17.6. The van der Waals surface area contributed by atoms with Crippen LogP contribution in [0.4, 0.5) is 0 Å². The predicted molar refractivity (Wildman–Crippen MR) is 112 cm³/mol. The highest BCUT2D eigenvalue weighted by Crippen LogP contribution is 2.41. The summed E-state index contributed by atoms with van der Waals surface area (Å²) in [6.07, 6.45) is 0.224. The van der Waals surface area contributed by atoms with E-state index in [1.54, 1.807) is 0 Å². The Balaban J connectivity index is 1.40. The summed E-state index contributed by atoms with van der Waals surface area (Å²) in [6, 6.07) is 12.3. The van der Waals surface area contributed by atoms with Crippen LogP contribution in [0.25, 0.3) is 0 Å². The minimum Gasteiger partial charge on any atom is -0.456 e. The molecule has 0 radical (unpaired) electrons. The van der Waals surface area contributed by atoms with Crippen molar-refractivity contribution < 1.29 is 19.1 Å². The van der Waals surface area contributed by atoms with Gasteiger partial charge in [0.15, 0.2) is 0 Å². The Kier molecular flexibility index (Phi) is 5.94. The topological polar surface area (TPSA) is 75.7 Å². The number of hydrogen-bond acceptors (Lipinski definition) is 6. The number of ether oxygens (including phenoxy) is 1. The van der Waals surface area contributed by atoms with Crippen LogP contribution in [0, 0.1) is 0 Å². The molecular weight excluding hydrogens is 432 g/mol. The Morgan fingerprint density at radius 2 is 2.00 bits per heavy atom. The first-order valence-corrected chi connectivity index (χ1v) is 11.2. The van der Waals surface area contributed by atoms with Crippen LogP contribution < -0.4 is 5.32 Å². The second-order valence-electron chi connectivity index (χ2n) is 6.53. The number of benzene rings is 1. The standard InChI is InChI=1S/C20H17ClN2O4S2/c21-14-11-29-19-16(22-15(24)9-13-7-4-8-28-13)18(25)23(19)17(14)20(26)27-10-12-5-2-1-3-6-12/h1-8,16,19H,9-11H2,(H,22,24)/t16?,19-/m1/s1. The summed E-state index contributed by atoms with van der Waals surface area (Å²) in [4.78, 5) is 39.8. The average molecular weight is 449 g/mol. The molecule has 1 aromatic carbocycles. The minimum absolute atomic E-state index is 0.0695. The maximum atomic E-state index is 12.7. The number of nitrogens with zero attached hydrogens (tertiary/aromatic N) is 1. The van der Waals surface area contributed by atoms with E-state index in [4.69, 9.17) is 16.3 Å². The number of fused-ring (bicyclic) bond motifs is 1. The number of rotatable bonds is 6. The summed E-state index contributed by atoms with van der Waals surface area (Å²) in [5, 5.41) is 4.59. The fraction of sp³-hybridized carbons (Fsp3) is 0.250. The largest absolute Gasteiger partial charge is 0.456 e. The summed E-state index contributed by atoms with van der Waals surface area (Å²) >= 11 is 9.15. The predicted octanol–water partition coefficient (Wildman–Crippen LogP) is 2.88. The van der Waals surface area contributed by atoms with E-state index in [-0.39, 0.29) is 40.9 Å². The van der Waals surface area contributed by atoms with E-state index in [2.05, 4.69) is 5.32 Å². The van der Waals surface area contributed by atoms with Gasteiger partial charge in [0, 0.05) is 10.6 Å². The van der Waals surface area contributed by atoms with Gasteiger partial charge in [-0.3, -0.25) is 14.5 Å². The van der Waals surface area contributed by atoms with Crippen molar-refractivity contribution in [3.05, 3.63) is 69.0 Å². The molecule has 2 aromatic rings. The van der Waals surface area contributed by atoms with Crippen LogP contribution in [0.1, 0.15) is 10.4 Å². The number of carbonyl (C=O) groups excluding carboxylic acids is 3. The Morgan fingerprint density at radius 3 is 2.72 bits per heavy atom. The first-order valence-electron chi connectivity index (χ1n) is 8.90. The molecule has 4 rings (SSSR count). The summed E-state index contributed by atoms with van der Waals surface area (Å²) in [6.45, 7) is 0.0914. The van der Waals surface area contributed by atoms with Crippen molar-refractivity contribution in [2.45, 2.75) is 24.4 Å². The van der Waals surface area contributed by atoms with Crippen LogP contribution in [-0.4, -0.2) is 39.9 Å². The zero-order chi connectivity index (χ0) is 20.4. The van der Waals surface area contributed by atoms with Crippen LogP contribution in [0.3, 0.4) is 0 Å². The molecule has 0 saturated carbocycles. The number of thiophene rings is 1. The zero-order valence-electron chi connectivity index (χ0n) is 15.2. The summed E-state index contributed by atoms with van der Waals surface area (Å²) in [5.74, 6) is -0.837. The maximum absolute atomic E-state index is 12.7. The number of esters is 1. The Hall–Kier alpha value is -2.29. The third-order valence-corrected chi connectivity index (χ3v) is 7.19. The maximum Gasteiger partial charge on any atom is 0.356 e. The van der Waals surface area contributed by atoms with E-state index < -0.39 is 12.0 Å². The molecule has 2 amide bonds. The van der Waals surface area contributed by atoms with Crippen LogP contribution in [-0.2, 0) is 32.1 Å². The fourth-order valence-electron chi connectivity index (χ4n) is 3.16. The molecule has 2 aliphatic heterocycles. The number of halogens is 1. The van der Waals surface area contributed by atoms with E-state index in [1.807, 2.05) is 47.8 Å². The Morgan fingerprint density at radius 1 is 1.21 bits per heavy atom. The van der Waals surface area contributed by atoms with E-state index in [0.717, 1.165) is 10.4 Å². The van der Waals surface area contributed by atoms with Crippen molar-refractivity contribution in [2.75, 3.05) is 5.75 Å². The molecule has 1 unspecified atom stereocenters. The van der Waals surface area contributed by atoms with Crippen molar-refractivity contribution in [2.24, 2.45) is 0 Å². The number of amides is 2. The average Bonchev–Trinajstić information content (AvgIpc) is 3.23. The molecule has 3 heterocycles. The monoisotopic (exact) mass is 448 g/mol. The highest BCUT2D eigenvalue weighted by molar-refractivity contribution is 8.00. The van der Waals surface area contributed by atoms with Crippen LogP contribution in [0.15, 0.2) is 58.6 Å². The van der Waals surface area contributed by atoms with Gasteiger partial charge in [0.05, 0.1) is 11.5 Å². The summed E-state index contributed by atoms with van der Waals surface area (Å²) < 4.78 is 5.36. The lowest BCUT2D eigenvalue weighted by molar-refractivity contribution is -0.153. The van der Waals surface area contributed by atoms with Gasteiger partial charge in [0.25, 0.3) is 5.91 Å². The lowest BCUT2D eigenvalue weighted by Gasteiger charge is -2.49. The molecule has 1 saturated heterocycles. The molecule has 9 heteroatoms. The summed E-state index contributed by atoms with van der Waals surface area (Å²) in [5.41, 5.74) is 0.910. The van der Waals surface area contributed by atoms with Gasteiger partial charge in [0.2, 0.25) is 5.91 Å². The number of β-lactam (4-membered cyclic amide) rings is 1. The third kappa shape index (κ3) is 4.19. The van der Waals surface area contributed by atoms with Crippen molar-refractivity contribution in [1.82, 2.24) is 10.2 Å². The van der Waals surface area contributed by atoms with E-state index in [9.17, 15) is 14.4 Å². The van der Waals surface area contributed by atoms with Crippen molar-refractivity contribution in [3.8, 4) is 0 Å². The van der Waals surface area contributed by atoms with Crippen molar-refractivity contribution in [1.29, 1.82) is 0 Å². The molecule has 1 aromatic heterocycles. The number of hydrogen-bond donors (Lipinski definition) is 1. The molecule has 6 nitrogen and oxygen atoms in total. The van der Waals surface area contributed by atoms with Crippen LogP contribution >= 0.6 is 34.7 Å². The molecular formula is C20H17ClN2O4S2. The van der Waals surface area contributed by atoms with E-state index in [1.165, 1.54) is 28.0 Å². The first kappa shape index (κ1) is 20.0. The first-order chi connectivity index (χ1) is 14.0. The number of carbonyl (C=O) groups is 3. The van der Waals surface area contributed by atoms with Crippen LogP contribution in [0.5, 0.6) is 0 Å². The Bertz CT molecular complexity index is 962. The molecule has 150 valence electrons. The highest BCUT2D eigenvalue weighted by atomic mass is 35.5. The number of nitrogens with one attached hydrogen (secondary N) is 1. The molecule has 1 N–H and O–H groups in total. The summed E-state index contributed by atoms with van der Waals surface area (Å²) in [7, 11) is 0. The second kappa shape index (κ2) is 8.61. The lowest BCUT2D eigenvalue weighted by atomic mass is 10.0. The molecule has 0 spiro atoms. The van der Waals surface area contributed by atoms with Crippen molar-refractivity contribution in [3.63, 3.8) is 0 Å². The molecule has 0 aliphatic carbocycles. The second-order valence-corrected chi connectivity index (χ2v) is 9.12. The van der Waals surface area contributed by atoms with Gasteiger partial charge < -0.3 is 10.1 Å². The Labute approximate surface area is 180 Å². The van der Waals surface area contributed by atoms with E-state index >= 15 is 0 Å². The molecule has 29 heavy (non-hydrogen) atoms. The van der Waals surface area contributed by atoms with Gasteiger partial charge in [-0.25, -0.2) is 4.79 Å². The normalized spacial score (nSPS) is 20.7. The lowest BCUT2D eigenvalue weighted by Crippen LogP contribution is -2.70. The van der Waals surface area contributed by atoms with Gasteiger partial charge in [0.1, 0.15) is 23.7 Å². The molecule has 2 atom stereocenters. The third-order valence-electron chi connectivity index (χ3n) is 4.56. The van der Waals surface area contributed by atoms with Gasteiger partial charge in [-0.1, -0.05) is 48.0 Å². The van der Waals surface area contributed by atoms with Crippen molar-refractivity contribution >= 4 is 52.5 Å². The minimum atomic E-state index is -0.672. The molecule has 2 aliphatic rings. The van der Waals surface area contributed by atoms with Gasteiger partial charge in [-0.05, 0) is 17.0 Å². The van der Waals surface area contributed by atoms with Gasteiger partial charge in [-0.2, -0.15) is 0 Å². The molecule has 1 fully saturated rings. The fourth-order valence-corrected chi connectivity index (χ4v) is 5.41. The van der Waals surface area contributed by atoms with Crippen LogP contribution in [0.2, 0.25) is 0 Å². The van der Waals surface area contributed by atoms with E-state index in [0.29, 0.717) is 5.75 Å². The quantitative estimate of drug-likeness (QED) is 0.543. The highest BCUT2D eigenvalue weighted by Gasteiger charge is 2.54. The SMILES string of the molecule is O=C(Cc1cccs1)NC1C(=O)N2C(C(=O)OCc3ccccc3)=C(Cl)CS[C@H]12. The smallest absolute Gasteiger partial charge is 0.356 e. The number of thioether (sulfide) groups is 1.